The quantitative estimate of drug-likeness (QED) is 0.499. The van der Waals surface area contributed by atoms with Gasteiger partial charge in [-0.15, -0.1) is 0 Å². The van der Waals surface area contributed by atoms with Crippen LogP contribution in [0, 0.1) is 6.20 Å². The van der Waals surface area contributed by atoms with Gasteiger partial charge >= 0.3 is 0 Å². The monoisotopic (exact) mass is 155 g/mol. The third-order valence-electron chi connectivity index (χ3n) is 2.16. The van der Waals surface area contributed by atoms with Gasteiger partial charge in [0.25, 0.3) is 0 Å². The lowest BCUT2D eigenvalue weighted by molar-refractivity contribution is 1.46. The molecule has 0 aliphatic heterocycles. The van der Waals surface area contributed by atoms with Crippen molar-refractivity contribution in [3.63, 3.8) is 0 Å². The Balaban J connectivity index is 2.62. The molecule has 3 aromatic rings. The van der Waals surface area contributed by atoms with E-state index in [0.29, 0.717) is 0 Å². The first-order valence-electron chi connectivity index (χ1n) is 3.89. The van der Waals surface area contributed by atoms with Crippen molar-refractivity contribution in [2.45, 2.75) is 0 Å². The molecule has 1 radical (unpaired) electrons. The van der Waals surface area contributed by atoms with E-state index >= 15 is 0 Å². The second-order valence-corrected chi connectivity index (χ2v) is 2.92. The van der Waals surface area contributed by atoms with Gasteiger partial charge in [-0.1, -0.05) is 0 Å². The highest BCUT2D eigenvalue weighted by Gasteiger charge is 1.97. The summed E-state index contributed by atoms with van der Waals surface area (Å²) in [6.45, 7) is 0. The Bertz CT molecular complexity index is 440. The number of fused-ring (bicyclic) bond motifs is 2. The number of hydrogen-bond acceptors (Lipinski definition) is 0. The van der Waals surface area contributed by atoms with Crippen LogP contribution >= 0.6 is 0 Å². The molecule has 0 aliphatic carbocycles. The fourth-order valence-corrected chi connectivity index (χ4v) is 1.54. The summed E-state index contributed by atoms with van der Waals surface area (Å²) in [6, 6.07) is 8.26. The van der Waals surface area contributed by atoms with E-state index in [-0.39, 0.29) is 0 Å². The molecule has 0 saturated carbocycles. The SMILES string of the molecule is [c]1cc2cc3[nH]ccc3cc2[nH]1. The van der Waals surface area contributed by atoms with Gasteiger partial charge in [0, 0.05) is 28.0 Å². The molecule has 57 valence electrons. The molecule has 2 heteroatoms. The summed E-state index contributed by atoms with van der Waals surface area (Å²) in [5, 5.41) is 2.43. The summed E-state index contributed by atoms with van der Waals surface area (Å²) in [6.07, 6.45) is 4.92. The predicted molar refractivity (Wildman–Crippen MR) is 49.0 cm³/mol. The molecule has 3 rings (SSSR count). The highest BCUT2D eigenvalue weighted by Crippen LogP contribution is 2.19. The molecule has 2 nitrogen and oxygen atoms in total. The summed E-state index contributed by atoms with van der Waals surface area (Å²) in [4.78, 5) is 6.24. The van der Waals surface area contributed by atoms with E-state index < -0.39 is 0 Å². The number of benzene rings is 1. The van der Waals surface area contributed by atoms with Crippen LogP contribution in [0.4, 0.5) is 0 Å². The molecule has 12 heavy (non-hydrogen) atoms. The van der Waals surface area contributed by atoms with Gasteiger partial charge in [-0.25, -0.2) is 0 Å². The minimum Gasteiger partial charge on any atom is -0.361 e. The Morgan fingerprint density at radius 3 is 3.00 bits per heavy atom. The third kappa shape index (κ3) is 0.639. The van der Waals surface area contributed by atoms with Crippen molar-refractivity contribution in [2.24, 2.45) is 0 Å². The average Bonchev–Trinajstić information content (AvgIpc) is 2.64. The van der Waals surface area contributed by atoms with E-state index in [1.807, 2.05) is 12.3 Å². The van der Waals surface area contributed by atoms with E-state index in [0.717, 1.165) is 5.52 Å². The van der Waals surface area contributed by atoms with Crippen LogP contribution in [0.3, 0.4) is 0 Å². The molecule has 0 saturated heterocycles. The van der Waals surface area contributed by atoms with Gasteiger partial charge in [0.1, 0.15) is 0 Å². The van der Waals surface area contributed by atoms with Crippen molar-refractivity contribution >= 4 is 21.8 Å². The van der Waals surface area contributed by atoms with Crippen LogP contribution in [-0.4, -0.2) is 9.97 Å². The lowest BCUT2D eigenvalue weighted by Gasteiger charge is -1.90. The number of aromatic amines is 2. The van der Waals surface area contributed by atoms with Gasteiger partial charge < -0.3 is 9.97 Å². The summed E-state index contributed by atoms with van der Waals surface area (Å²) in [5.74, 6) is 0. The molecule has 0 spiro atoms. The van der Waals surface area contributed by atoms with Crippen LogP contribution in [0.5, 0.6) is 0 Å². The minimum absolute atomic E-state index is 1.14. The summed E-state index contributed by atoms with van der Waals surface area (Å²) in [5.41, 5.74) is 2.32. The first-order chi connectivity index (χ1) is 5.93. The Morgan fingerprint density at radius 2 is 2.00 bits per heavy atom. The van der Waals surface area contributed by atoms with Gasteiger partial charge in [-0.3, -0.25) is 0 Å². The fraction of sp³-hybridized carbons (Fsp3) is 0. The van der Waals surface area contributed by atoms with E-state index in [4.69, 9.17) is 0 Å². The van der Waals surface area contributed by atoms with E-state index in [1.54, 1.807) is 0 Å². The van der Waals surface area contributed by atoms with Crippen molar-refractivity contribution < 1.29 is 0 Å². The second-order valence-electron chi connectivity index (χ2n) is 2.92. The van der Waals surface area contributed by atoms with Gasteiger partial charge in [0.15, 0.2) is 0 Å². The Morgan fingerprint density at radius 1 is 1.08 bits per heavy atom. The largest absolute Gasteiger partial charge is 0.361 e. The van der Waals surface area contributed by atoms with Crippen molar-refractivity contribution in [1.82, 2.24) is 9.97 Å². The standard InChI is InChI=1S/C10H7N2/c1-3-11-9-6-8-2-4-12-10(8)5-7(1)9/h1-3,5-6,11-12H. The maximum Gasteiger partial charge on any atom is 0.0630 e. The van der Waals surface area contributed by atoms with Gasteiger partial charge in [0.05, 0.1) is 6.20 Å². The topological polar surface area (TPSA) is 31.6 Å². The van der Waals surface area contributed by atoms with Gasteiger partial charge in [-0.05, 0) is 24.3 Å². The highest BCUT2D eigenvalue weighted by atomic mass is 14.7. The molecular weight excluding hydrogens is 148 g/mol. The first kappa shape index (κ1) is 5.89. The van der Waals surface area contributed by atoms with Crippen LogP contribution in [0.15, 0.2) is 30.5 Å². The van der Waals surface area contributed by atoms with Crippen molar-refractivity contribution in [3.05, 3.63) is 36.7 Å². The van der Waals surface area contributed by atoms with Crippen LogP contribution in [0.25, 0.3) is 21.8 Å². The molecular formula is C10H7N2. The van der Waals surface area contributed by atoms with Crippen LogP contribution in [0.1, 0.15) is 0 Å². The van der Waals surface area contributed by atoms with Crippen molar-refractivity contribution in [1.29, 1.82) is 0 Å². The van der Waals surface area contributed by atoms with Crippen LogP contribution < -0.4 is 0 Å². The molecule has 0 bridgehead atoms. The Hall–Kier alpha value is -1.70. The fourth-order valence-electron chi connectivity index (χ4n) is 1.54. The van der Waals surface area contributed by atoms with Gasteiger partial charge in [-0.2, -0.15) is 0 Å². The molecule has 0 amide bonds. The number of rotatable bonds is 0. The molecule has 2 heterocycles. The van der Waals surface area contributed by atoms with E-state index in [1.165, 1.54) is 16.3 Å². The summed E-state index contributed by atoms with van der Waals surface area (Å²) in [7, 11) is 0. The minimum atomic E-state index is 1.14. The maximum absolute atomic E-state index is 3.17. The lowest BCUT2D eigenvalue weighted by Crippen LogP contribution is -1.68. The highest BCUT2D eigenvalue weighted by molar-refractivity contribution is 5.95. The third-order valence-corrected chi connectivity index (χ3v) is 2.16. The molecule has 1 aromatic carbocycles. The maximum atomic E-state index is 3.17. The molecule has 2 N–H and O–H groups in total. The zero-order valence-corrected chi connectivity index (χ0v) is 6.39. The zero-order chi connectivity index (χ0) is 7.97. The number of hydrogen-bond donors (Lipinski definition) is 2. The second kappa shape index (κ2) is 1.91. The van der Waals surface area contributed by atoms with Crippen LogP contribution in [-0.2, 0) is 0 Å². The van der Waals surface area contributed by atoms with E-state index in [2.05, 4.69) is 34.4 Å². The smallest absolute Gasteiger partial charge is 0.0630 e. The summed E-state index contributed by atoms with van der Waals surface area (Å²) < 4.78 is 0. The molecule has 0 atom stereocenters. The Kier molecular flexibility index (Phi) is 0.939. The summed E-state index contributed by atoms with van der Waals surface area (Å²) >= 11 is 0. The van der Waals surface area contributed by atoms with Crippen molar-refractivity contribution in [3.8, 4) is 0 Å². The van der Waals surface area contributed by atoms with Crippen molar-refractivity contribution in [2.75, 3.05) is 0 Å². The number of aromatic nitrogens is 2. The molecule has 2 aromatic heterocycles. The number of nitrogens with one attached hydrogen (secondary N) is 2. The van der Waals surface area contributed by atoms with Gasteiger partial charge in [0.2, 0.25) is 0 Å². The zero-order valence-electron chi connectivity index (χ0n) is 6.39. The Labute approximate surface area is 69.2 Å². The molecule has 0 aliphatic rings. The molecule has 0 unspecified atom stereocenters. The lowest BCUT2D eigenvalue weighted by atomic mass is 10.2. The van der Waals surface area contributed by atoms with Crippen LogP contribution in [0.2, 0.25) is 0 Å². The molecule has 0 fully saturated rings. The predicted octanol–water partition coefficient (Wildman–Crippen LogP) is 2.45. The number of H-pyrrole nitrogens is 2. The normalized spacial score (nSPS) is 11.3. The average molecular weight is 155 g/mol. The first-order valence-corrected chi connectivity index (χ1v) is 3.89. The van der Waals surface area contributed by atoms with E-state index in [9.17, 15) is 0 Å².